The third-order valence-electron chi connectivity index (χ3n) is 1.12. The zero-order valence-corrected chi connectivity index (χ0v) is 10.8. The van der Waals surface area contributed by atoms with Crippen molar-refractivity contribution in [2.75, 3.05) is 0 Å². The molecule has 2 nitrogen and oxygen atoms in total. The van der Waals surface area contributed by atoms with Gasteiger partial charge in [0, 0.05) is 18.4 Å². The number of nitrogens with zero attached hydrogens (tertiary/aromatic N) is 2. The predicted molar refractivity (Wildman–Crippen MR) is 64.5 cm³/mol. The summed E-state index contributed by atoms with van der Waals surface area (Å²) in [6, 6.07) is 0.539. The summed E-state index contributed by atoms with van der Waals surface area (Å²) in [7, 11) is 0. The highest BCUT2D eigenvalue weighted by Gasteiger charge is 1.90. The lowest BCUT2D eigenvalue weighted by atomic mass is 10.3. The standard InChI is InChI=1S/C6H10N2.C4H10.C2H6/c1-6(2)8-4-3-7-5-8;1-4(2)3;1-2/h3-6H,1-2H3;4H,1-3H3;1-2H3. The number of hydrogen-bond donors (Lipinski definition) is 0. The van der Waals surface area contributed by atoms with Crippen LogP contribution in [0.2, 0.25) is 0 Å². The average Bonchev–Trinajstić information content (AvgIpc) is 2.58. The van der Waals surface area contributed by atoms with Gasteiger partial charge in [0.1, 0.15) is 0 Å². The van der Waals surface area contributed by atoms with E-state index in [9.17, 15) is 0 Å². The molecule has 2 heteroatoms. The van der Waals surface area contributed by atoms with Crippen molar-refractivity contribution in [2.24, 2.45) is 5.92 Å². The SMILES string of the molecule is CC.CC(C)C.CC(C)n1ccnc1. The molecule has 0 radical (unpaired) electrons. The van der Waals surface area contributed by atoms with Crippen LogP contribution in [0.3, 0.4) is 0 Å². The third kappa shape index (κ3) is 11.2. The van der Waals surface area contributed by atoms with E-state index >= 15 is 0 Å². The van der Waals surface area contributed by atoms with Crippen molar-refractivity contribution in [1.29, 1.82) is 0 Å². The lowest BCUT2D eigenvalue weighted by Crippen LogP contribution is -1.95. The Hall–Kier alpha value is -0.790. The largest absolute Gasteiger partial charge is 0.335 e. The monoisotopic (exact) mass is 198 g/mol. The maximum atomic E-state index is 3.91. The molecule has 1 rings (SSSR count). The van der Waals surface area contributed by atoms with Crippen LogP contribution in [0.5, 0.6) is 0 Å². The molecule has 0 bridgehead atoms. The lowest BCUT2D eigenvalue weighted by Gasteiger charge is -2.02. The molecule has 1 aromatic rings. The van der Waals surface area contributed by atoms with Crippen molar-refractivity contribution in [1.82, 2.24) is 9.55 Å². The van der Waals surface area contributed by atoms with E-state index in [0.717, 1.165) is 5.92 Å². The molecule has 0 aliphatic carbocycles. The molecule has 1 heterocycles. The van der Waals surface area contributed by atoms with Crippen molar-refractivity contribution in [3.63, 3.8) is 0 Å². The molecule has 0 spiro atoms. The molecule has 0 fully saturated rings. The second-order valence-electron chi connectivity index (χ2n) is 3.84. The smallest absolute Gasteiger partial charge is 0.0948 e. The summed E-state index contributed by atoms with van der Waals surface area (Å²) in [6.07, 6.45) is 5.58. The summed E-state index contributed by atoms with van der Waals surface area (Å²) in [4.78, 5) is 3.91. The highest BCUT2D eigenvalue weighted by Crippen LogP contribution is 1.99. The van der Waals surface area contributed by atoms with Crippen LogP contribution in [0, 0.1) is 5.92 Å². The third-order valence-corrected chi connectivity index (χ3v) is 1.12. The zero-order chi connectivity index (χ0) is 11.6. The van der Waals surface area contributed by atoms with Crippen LogP contribution >= 0.6 is 0 Å². The molecule has 0 saturated carbocycles. The number of rotatable bonds is 1. The fourth-order valence-electron chi connectivity index (χ4n) is 0.575. The quantitative estimate of drug-likeness (QED) is 0.662. The average molecular weight is 198 g/mol. The first-order valence-corrected chi connectivity index (χ1v) is 5.51. The highest BCUT2D eigenvalue weighted by molar-refractivity contribution is 4.76. The van der Waals surface area contributed by atoms with E-state index in [1.54, 1.807) is 6.20 Å². The van der Waals surface area contributed by atoms with Gasteiger partial charge in [0.05, 0.1) is 6.33 Å². The van der Waals surface area contributed by atoms with E-state index in [4.69, 9.17) is 0 Å². The fraction of sp³-hybridized carbons (Fsp3) is 0.750. The zero-order valence-electron chi connectivity index (χ0n) is 10.8. The van der Waals surface area contributed by atoms with Gasteiger partial charge in [-0.2, -0.15) is 0 Å². The van der Waals surface area contributed by atoms with Crippen LogP contribution in [-0.4, -0.2) is 9.55 Å². The first-order valence-electron chi connectivity index (χ1n) is 5.51. The molecule has 0 aliphatic heterocycles. The van der Waals surface area contributed by atoms with Gasteiger partial charge in [-0.15, -0.1) is 0 Å². The Balaban J connectivity index is 0. The maximum absolute atomic E-state index is 3.91. The van der Waals surface area contributed by atoms with Gasteiger partial charge in [-0.25, -0.2) is 4.98 Å². The summed E-state index contributed by atoms with van der Waals surface area (Å²) in [5.41, 5.74) is 0. The molecule has 0 atom stereocenters. The Morgan fingerprint density at radius 2 is 1.43 bits per heavy atom. The Bertz CT molecular complexity index is 173. The summed E-state index contributed by atoms with van der Waals surface area (Å²) >= 11 is 0. The minimum atomic E-state index is 0.539. The maximum Gasteiger partial charge on any atom is 0.0948 e. The highest BCUT2D eigenvalue weighted by atomic mass is 15.0. The fourth-order valence-corrected chi connectivity index (χ4v) is 0.575. The van der Waals surface area contributed by atoms with E-state index < -0.39 is 0 Å². The van der Waals surface area contributed by atoms with Crippen LogP contribution in [0.15, 0.2) is 18.7 Å². The van der Waals surface area contributed by atoms with Crippen molar-refractivity contribution in [3.8, 4) is 0 Å². The van der Waals surface area contributed by atoms with Crippen molar-refractivity contribution in [3.05, 3.63) is 18.7 Å². The van der Waals surface area contributed by atoms with Gasteiger partial charge in [-0.05, 0) is 19.8 Å². The van der Waals surface area contributed by atoms with Crippen LogP contribution in [0.25, 0.3) is 0 Å². The van der Waals surface area contributed by atoms with Crippen molar-refractivity contribution < 1.29 is 0 Å². The van der Waals surface area contributed by atoms with E-state index in [1.807, 2.05) is 26.4 Å². The normalized spacial score (nSPS) is 8.93. The minimum absolute atomic E-state index is 0.539. The minimum Gasteiger partial charge on any atom is -0.335 e. The number of aromatic nitrogens is 2. The van der Waals surface area contributed by atoms with E-state index in [0.29, 0.717) is 6.04 Å². The molecule has 14 heavy (non-hydrogen) atoms. The second kappa shape index (κ2) is 10.3. The molecule has 0 aromatic carbocycles. The Kier molecular flexibility index (Phi) is 11.5. The van der Waals surface area contributed by atoms with Gasteiger partial charge in [-0.1, -0.05) is 34.6 Å². The van der Waals surface area contributed by atoms with Gasteiger partial charge >= 0.3 is 0 Å². The van der Waals surface area contributed by atoms with Gasteiger partial charge in [0.15, 0.2) is 0 Å². The van der Waals surface area contributed by atoms with E-state index in [2.05, 4.69) is 44.2 Å². The summed E-state index contributed by atoms with van der Waals surface area (Å²) in [6.45, 7) is 14.8. The van der Waals surface area contributed by atoms with Gasteiger partial charge in [-0.3, -0.25) is 0 Å². The molecular formula is C12H26N2. The lowest BCUT2D eigenvalue weighted by molar-refractivity contribution is 0.600. The predicted octanol–water partition coefficient (Wildman–Crippen LogP) is 4.15. The molecule has 0 amide bonds. The second-order valence-corrected chi connectivity index (χ2v) is 3.84. The summed E-state index contributed by atoms with van der Waals surface area (Å²) in [5, 5.41) is 0. The molecular weight excluding hydrogens is 172 g/mol. The topological polar surface area (TPSA) is 17.8 Å². The molecule has 0 N–H and O–H groups in total. The van der Waals surface area contributed by atoms with E-state index in [1.165, 1.54) is 0 Å². The molecule has 0 unspecified atom stereocenters. The summed E-state index contributed by atoms with van der Waals surface area (Å²) in [5.74, 6) is 0.833. The van der Waals surface area contributed by atoms with Gasteiger partial charge < -0.3 is 4.57 Å². The van der Waals surface area contributed by atoms with Crippen LogP contribution < -0.4 is 0 Å². The van der Waals surface area contributed by atoms with E-state index in [-0.39, 0.29) is 0 Å². The van der Waals surface area contributed by atoms with Crippen LogP contribution in [-0.2, 0) is 0 Å². The first-order chi connectivity index (χ1) is 6.54. The van der Waals surface area contributed by atoms with Crippen LogP contribution in [0.1, 0.15) is 54.5 Å². The molecule has 0 aliphatic rings. The van der Waals surface area contributed by atoms with Gasteiger partial charge in [0.2, 0.25) is 0 Å². The van der Waals surface area contributed by atoms with Crippen molar-refractivity contribution in [2.45, 2.75) is 54.5 Å². The van der Waals surface area contributed by atoms with Crippen LogP contribution in [0.4, 0.5) is 0 Å². The Labute approximate surface area is 89.4 Å². The number of imidazole rings is 1. The first kappa shape index (κ1) is 15.7. The molecule has 84 valence electrons. The van der Waals surface area contributed by atoms with Crippen molar-refractivity contribution >= 4 is 0 Å². The Morgan fingerprint density at radius 3 is 1.57 bits per heavy atom. The molecule has 1 aromatic heterocycles. The molecule has 0 saturated heterocycles. The summed E-state index contributed by atoms with van der Waals surface area (Å²) < 4.78 is 2.06. The Morgan fingerprint density at radius 1 is 1.00 bits per heavy atom. The number of hydrogen-bond acceptors (Lipinski definition) is 1. The van der Waals surface area contributed by atoms with Gasteiger partial charge in [0.25, 0.3) is 0 Å².